The van der Waals surface area contributed by atoms with Crippen LogP contribution in [0.5, 0.6) is 0 Å². The fraction of sp³-hybridized carbons (Fsp3) is 0.909. The van der Waals surface area contributed by atoms with Gasteiger partial charge in [0.25, 0.3) is 0 Å². The summed E-state index contributed by atoms with van der Waals surface area (Å²) in [5, 5.41) is 2.88. The molecule has 0 atom stereocenters. The van der Waals surface area contributed by atoms with Gasteiger partial charge in [-0.3, -0.25) is 4.79 Å². The Hall–Kier alpha value is -0.530. The van der Waals surface area contributed by atoms with E-state index in [0.29, 0.717) is 11.5 Å². The van der Waals surface area contributed by atoms with Crippen LogP contribution >= 0.6 is 0 Å². The van der Waals surface area contributed by atoms with E-state index in [2.05, 4.69) is 26.1 Å². The lowest BCUT2D eigenvalue weighted by Gasteiger charge is -2.36. The molecule has 0 bridgehead atoms. The zero-order valence-corrected chi connectivity index (χ0v) is 8.97. The molecule has 13 heavy (non-hydrogen) atoms. The van der Waals surface area contributed by atoms with E-state index >= 15 is 0 Å². The summed E-state index contributed by atoms with van der Waals surface area (Å²) in [6.07, 6.45) is 5.66. The largest absolute Gasteiger partial charge is 0.356 e. The van der Waals surface area contributed by atoms with Crippen molar-refractivity contribution in [1.29, 1.82) is 0 Å². The van der Waals surface area contributed by atoms with Gasteiger partial charge in [0.2, 0.25) is 6.41 Å². The van der Waals surface area contributed by atoms with Crippen LogP contribution in [0.15, 0.2) is 0 Å². The van der Waals surface area contributed by atoms with Gasteiger partial charge < -0.3 is 5.32 Å². The summed E-state index contributed by atoms with van der Waals surface area (Å²) in [7, 11) is 0. The molecule has 1 fully saturated rings. The van der Waals surface area contributed by atoms with E-state index in [4.69, 9.17) is 0 Å². The van der Waals surface area contributed by atoms with Gasteiger partial charge >= 0.3 is 0 Å². The van der Waals surface area contributed by atoms with E-state index in [0.717, 1.165) is 25.2 Å². The van der Waals surface area contributed by atoms with Crippen LogP contribution in [-0.4, -0.2) is 12.5 Å². The Kier molecular flexibility index (Phi) is 3.34. The molecule has 1 amide bonds. The summed E-state index contributed by atoms with van der Waals surface area (Å²) in [6.45, 7) is 6.93. The maximum Gasteiger partial charge on any atom is 0.207 e. The van der Waals surface area contributed by atoms with Crippen molar-refractivity contribution in [2.45, 2.75) is 52.5 Å². The topological polar surface area (TPSA) is 29.1 Å². The van der Waals surface area contributed by atoms with Crippen LogP contribution in [0.4, 0.5) is 0 Å². The second-order valence-electron chi connectivity index (χ2n) is 5.20. The second-order valence-corrected chi connectivity index (χ2v) is 5.20. The van der Waals surface area contributed by atoms with Crippen molar-refractivity contribution in [2.24, 2.45) is 11.3 Å². The molecule has 0 heterocycles. The lowest BCUT2D eigenvalue weighted by molar-refractivity contribution is -0.110. The standard InChI is InChI=1S/C11H21NO.H2/c1-11(2,3)9-4-6-10(7-5-9)12-8-13;/h8-10H,4-7H2,1-3H3,(H,12,13);1H. The zero-order chi connectivity index (χ0) is 9.90. The van der Waals surface area contributed by atoms with Gasteiger partial charge in [-0.25, -0.2) is 0 Å². The highest BCUT2D eigenvalue weighted by atomic mass is 16.1. The summed E-state index contributed by atoms with van der Waals surface area (Å²) in [4.78, 5) is 10.2. The highest BCUT2D eigenvalue weighted by Crippen LogP contribution is 2.37. The van der Waals surface area contributed by atoms with Gasteiger partial charge in [-0.05, 0) is 37.0 Å². The summed E-state index contributed by atoms with van der Waals surface area (Å²) in [5.41, 5.74) is 0.437. The SMILES string of the molecule is CC(C)(C)C1CCC(NC=O)CC1.[HH]. The number of nitrogens with one attached hydrogen (secondary N) is 1. The van der Waals surface area contributed by atoms with E-state index in [9.17, 15) is 4.79 Å². The van der Waals surface area contributed by atoms with Crippen LogP contribution in [0.2, 0.25) is 0 Å². The van der Waals surface area contributed by atoms with Gasteiger partial charge in [0.1, 0.15) is 0 Å². The number of hydrogen-bond acceptors (Lipinski definition) is 1. The van der Waals surface area contributed by atoms with Crippen LogP contribution in [-0.2, 0) is 4.79 Å². The first-order valence-corrected chi connectivity index (χ1v) is 5.23. The molecule has 1 aliphatic rings. The molecule has 0 aromatic rings. The molecule has 0 radical (unpaired) electrons. The van der Waals surface area contributed by atoms with E-state index in [1.54, 1.807) is 0 Å². The molecule has 1 rings (SSSR count). The summed E-state index contributed by atoms with van der Waals surface area (Å²) in [5.74, 6) is 0.831. The Morgan fingerprint density at radius 2 is 1.77 bits per heavy atom. The Bertz CT molecular complexity index is 169. The lowest BCUT2D eigenvalue weighted by Crippen LogP contribution is -2.35. The van der Waals surface area contributed by atoms with Gasteiger partial charge in [0, 0.05) is 7.47 Å². The van der Waals surface area contributed by atoms with Gasteiger partial charge in [-0.15, -0.1) is 0 Å². The van der Waals surface area contributed by atoms with Crippen molar-refractivity contribution >= 4 is 6.41 Å². The number of rotatable bonds is 2. The van der Waals surface area contributed by atoms with E-state index in [1.165, 1.54) is 12.8 Å². The smallest absolute Gasteiger partial charge is 0.207 e. The fourth-order valence-corrected chi connectivity index (χ4v) is 2.22. The molecule has 1 saturated carbocycles. The lowest BCUT2D eigenvalue weighted by atomic mass is 9.71. The Labute approximate surface area is 82.6 Å². The monoisotopic (exact) mass is 185 g/mol. The third-order valence-corrected chi connectivity index (χ3v) is 3.26. The molecular formula is C11H23NO. The van der Waals surface area contributed by atoms with Crippen molar-refractivity contribution < 1.29 is 6.22 Å². The molecule has 2 nitrogen and oxygen atoms in total. The summed E-state index contributed by atoms with van der Waals surface area (Å²) >= 11 is 0. The van der Waals surface area contributed by atoms with Crippen LogP contribution in [0.25, 0.3) is 0 Å². The molecule has 1 N–H and O–H groups in total. The summed E-state index contributed by atoms with van der Waals surface area (Å²) in [6, 6.07) is 0.441. The third-order valence-electron chi connectivity index (χ3n) is 3.26. The van der Waals surface area contributed by atoms with Crippen LogP contribution in [0.3, 0.4) is 0 Å². The van der Waals surface area contributed by atoms with Gasteiger partial charge in [0.05, 0.1) is 0 Å². The van der Waals surface area contributed by atoms with Gasteiger partial charge in [0.15, 0.2) is 0 Å². The molecular weight excluding hydrogens is 162 g/mol. The Morgan fingerprint density at radius 1 is 1.23 bits per heavy atom. The van der Waals surface area contributed by atoms with Gasteiger partial charge in [-0.1, -0.05) is 20.8 Å². The Morgan fingerprint density at radius 3 is 2.15 bits per heavy atom. The molecule has 0 unspecified atom stereocenters. The molecule has 0 aliphatic heterocycles. The first-order valence-electron chi connectivity index (χ1n) is 5.23. The minimum absolute atomic E-state index is 0. The minimum atomic E-state index is 0. The minimum Gasteiger partial charge on any atom is -0.356 e. The molecule has 0 saturated heterocycles. The first-order chi connectivity index (χ1) is 6.04. The van der Waals surface area contributed by atoms with Crippen molar-refractivity contribution in [3.8, 4) is 0 Å². The number of amides is 1. The number of carbonyl (C=O) groups is 1. The number of carbonyl (C=O) groups excluding carboxylic acids is 1. The van der Waals surface area contributed by atoms with Crippen molar-refractivity contribution in [3.05, 3.63) is 0 Å². The molecule has 0 aromatic carbocycles. The number of hydrogen-bond donors (Lipinski definition) is 1. The predicted octanol–water partition coefficient (Wildman–Crippen LogP) is 2.58. The van der Waals surface area contributed by atoms with Crippen molar-refractivity contribution in [1.82, 2.24) is 5.32 Å². The van der Waals surface area contributed by atoms with E-state index in [-0.39, 0.29) is 1.43 Å². The highest BCUT2D eigenvalue weighted by Gasteiger charge is 2.29. The maximum absolute atomic E-state index is 10.2. The average molecular weight is 185 g/mol. The molecule has 2 heteroatoms. The maximum atomic E-state index is 10.2. The second kappa shape index (κ2) is 4.12. The highest BCUT2D eigenvalue weighted by molar-refractivity contribution is 5.46. The quantitative estimate of drug-likeness (QED) is 0.658. The predicted molar refractivity (Wildman–Crippen MR) is 56.5 cm³/mol. The average Bonchev–Trinajstić information content (AvgIpc) is 2.04. The van der Waals surface area contributed by atoms with Crippen molar-refractivity contribution in [2.75, 3.05) is 0 Å². The third kappa shape index (κ3) is 3.02. The van der Waals surface area contributed by atoms with E-state index in [1.807, 2.05) is 0 Å². The Balaban J connectivity index is 0.00000169. The molecule has 0 aromatic heterocycles. The zero-order valence-electron chi connectivity index (χ0n) is 8.97. The van der Waals surface area contributed by atoms with E-state index < -0.39 is 0 Å². The molecule has 78 valence electrons. The summed E-state index contributed by atoms with van der Waals surface area (Å²) < 4.78 is 0. The van der Waals surface area contributed by atoms with Crippen LogP contribution in [0, 0.1) is 11.3 Å². The first kappa shape index (κ1) is 10.6. The van der Waals surface area contributed by atoms with Crippen molar-refractivity contribution in [3.63, 3.8) is 0 Å². The fourth-order valence-electron chi connectivity index (χ4n) is 2.22. The normalized spacial score (nSPS) is 29.8. The van der Waals surface area contributed by atoms with Crippen LogP contribution < -0.4 is 5.32 Å². The molecule has 1 aliphatic carbocycles. The van der Waals surface area contributed by atoms with Crippen LogP contribution in [0.1, 0.15) is 47.9 Å². The molecule has 0 spiro atoms. The van der Waals surface area contributed by atoms with Gasteiger partial charge in [-0.2, -0.15) is 0 Å².